The molecule has 11 heavy (non-hydrogen) atoms. The second-order valence-electron chi connectivity index (χ2n) is 2.07. The molecule has 0 heterocycles. The van der Waals surface area contributed by atoms with Crippen molar-refractivity contribution in [3.63, 3.8) is 0 Å². The standard InChI is InChI=1S/C10H10O/c1-11-9-5-8-10-6-3-2-4-7-10/h2-8H,1H3. The van der Waals surface area contributed by atoms with Crippen molar-refractivity contribution in [2.45, 2.75) is 0 Å². The lowest BCUT2D eigenvalue weighted by atomic mass is 10.2. The van der Waals surface area contributed by atoms with E-state index in [1.807, 2.05) is 36.4 Å². The van der Waals surface area contributed by atoms with Crippen LogP contribution in [-0.2, 0) is 4.74 Å². The van der Waals surface area contributed by atoms with Crippen LogP contribution in [0.15, 0.2) is 36.4 Å². The Hall–Kier alpha value is -1.08. The Labute approximate surface area is 67.3 Å². The first-order valence-electron chi connectivity index (χ1n) is 3.43. The van der Waals surface area contributed by atoms with E-state index in [2.05, 4.69) is 11.3 Å². The zero-order valence-electron chi connectivity index (χ0n) is 6.45. The lowest BCUT2D eigenvalue weighted by Gasteiger charge is -1.89. The highest BCUT2D eigenvalue weighted by Gasteiger charge is 1.81. The fourth-order valence-corrected chi connectivity index (χ4v) is 0.762. The smallest absolute Gasteiger partial charge is 0.158 e. The number of ether oxygens (including phenoxy) is 1. The van der Waals surface area contributed by atoms with Gasteiger partial charge in [-0.25, -0.2) is 0 Å². The van der Waals surface area contributed by atoms with E-state index in [1.54, 1.807) is 13.2 Å². The van der Waals surface area contributed by atoms with Gasteiger partial charge in [-0.1, -0.05) is 36.4 Å². The third-order valence-corrected chi connectivity index (χ3v) is 1.26. The fraction of sp³-hybridized carbons (Fsp3) is 0.100. The summed E-state index contributed by atoms with van der Waals surface area (Å²) in [6.45, 7) is 2.62. The van der Waals surface area contributed by atoms with Crippen LogP contribution >= 0.6 is 0 Å². The largest absolute Gasteiger partial charge is 0.367 e. The number of hydrogen-bond acceptors (Lipinski definition) is 1. The highest BCUT2D eigenvalue weighted by atomic mass is 16.5. The molecular weight excluding hydrogens is 136 g/mol. The summed E-state index contributed by atoms with van der Waals surface area (Å²) < 4.78 is 4.63. The zero-order chi connectivity index (χ0) is 7.94. The third kappa shape index (κ3) is 3.01. The number of methoxy groups -OCH3 is 1. The molecule has 0 N–H and O–H groups in total. The highest BCUT2D eigenvalue weighted by Crippen LogP contribution is 2.00. The quantitative estimate of drug-likeness (QED) is 0.636. The molecule has 0 unspecified atom stereocenters. The minimum atomic E-state index is 1.15. The van der Waals surface area contributed by atoms with Crippen molar-refractivity contribution in [2.75, 3.05) is 7.11 Å². The molecule has 0 aliphatic rings. The molecule has 1 heteroatoms. The average Bonchev–Trinajstić information content (AvgIpc) is 2.07. The van der Waals surface area contributed by atoms with Gasteiger partial charge >= 0.3 is 0 Å². The maximum atomic E-state index is 4.63. The van der Waals surface area contributed by atoms with Crippen molar-refractivity contribution in [2.24, 2.45) is 0 Å². The Morgan fingerprint density at radius 2 is 2.00 bits per heavy atom. The van der Waals surface area contributed by atoms with Crippen molar-refractivity contribution < 1.29 is 4.74 Å². The number of rotatable bonds is 3. The molecule has 2 radical (unpaired) electrons. The van der Waals surface area contributed by atoms with E-state index < -0.39 is 0 Å². The number of benzene rings is 1. The highest BCUT2D eigenvalue weighted by molar-refractivity contribution is 5.49. The van der Waals surface area contributed by atoms with Crippen molar-refractivity contribution in [1.29, 1.82) is 0 Å². The van der Waals surface area contributed by atoms with Crippen LogP contribution in [0.3, 0.4) is 0 Å². The van der Waals surface area contributed by atoms with Crippen molar-refractivity contribution in [1.82, 2.24) is 0 Å². The molecule has 0 bridgehead atoms. The van der Waals surface area contributed by atoms with Gasteiger partial charge in [-0.05, 0) is 11.6 Å². The van der Waals surface area contributed by atoms with Crippen LogP contribution in [0.25, 0.3) is 6.08 Å². The van der Waals surface area contributed by atoms with Gasteiger partial charge < -0.3 is 4.74 Å². The fourth-order valence-electron chi connectivity index (χ4n) is 0.762. The van der Waals surface area contributed by atoms with Gasteiger partial charge in [-0.2, -0.15) is 0 Å². The summed E-state index contributed by atoms with van der Waals surface area (Å²) in [6, 6.07) is 10.0. The van der Waals surface area contributed by atoms with E-state index in [0.29, 0.717) is 0 Å². The second-order valence-corrected chi connectivity index (χ2v) is 2.07. The lowest BCUT2D eigenvalue weighted by Crippen LogP contribution is -1.72. The summed E-state index contributed by atoms with van der Waals surface area (Å²) in [7, 11) is 1.58. The van der Waals surface area contributed by atoms with Crippen LogP contribution in [0, 0.1) is 6.61 Å². The first-order chi connectivity index (χ1) is 5.43. The summed E-state index contributed by atoms with van der Waals surface area (Å²) in [5.74, 6) is 0. The summed E-state index contributed by atoms with van der Waals surface area (Å²) in [6.07, 6.45) is 3.68. The maximum absolute atomic E-state index is 4.63. The molecule has 1 nitrogen and oxygen atoms in total. The third-order valence-electron chi connectivity index (χ3n) is 1.26. The molecule has 0 saturated heterocycles. The molecule has 0 aliphatic carbocycles. The Morgan fingerprint density at radius 3 is 2.64 bits per heavy atom. The number of hydrogen-bond donors (Lipinski definition) is 0. The van der Waals surface area contributed by atoms with E-state index in [1.165, 1.54) is 0 Å². The van der Waals surface area contributed by atoms with Crippen LogP contribution in [0.1, 0.15) is 5.56 Å². The van der Waals surface area contributed by atoms with Gasteiger partial charge in [0.05, 0.1) is 0 Å². The minimum absolute atomic E-state index is 1.15. The van der Waals surface area contributed by atoms with E-state index in [0.717, 1.165) is 5.56 Å². The topological polar surface area (TPSA) is 9.23 Å². The molecule has 0 aliphatic heterocycles. The molecular formula is C10H10O. The predicted molar refractivity (Wildman–Crippen MR) is 45.7 cm³/mol. The van der Waals surface area contributed by atoms with Gasteiger partial charge in [0.15, 0.2) is 6.61 Å². The van der Waals surface area contributed by atoms with Gasteiger partial charge in [-0.15, -0.1) is 0 Å². The molecule has 0 amide bonds. The van der Waals surface area contributed by atoms with E-state index in [-0.39, 0.29) is 0 Å². The zero-order valence-corrected chi connectivity index (χ0v) is 6.45. The van der Waals surface area contributed by atoms with Crippen LogP contribution < -0.4 is 0 Å². The lowest BCUT2D eigenvalue weighted by molar-refractivity contribution is 0.297. The Balaban J connectivity index is 2.50. The SMILES string of the molecule is CO[C]C=Cc1ccccc1. The molecule has 56 valence electrons. The van der Waals surface area contributed by atoms with Crippen LogP contribution in [0.4, 0.5) is 0 Å². The van der Waals surface area contributed by atoms with Crippen LogP contribution in [-0.4, -0.2) is 7.11 Å². The summed E-state index contributed by atoms with van der Waals surface area (Å²) in [5.41, 5.74) is 1.15. The van der Waals surface area contributed by atoms with Gasteiger partial charge in [0, 0.05) is 7.11 Å². The van der Waals surface area contributed by atoms with E-state index in [4.69, 9.17) is 0 Å². The van der Waals surface area contributed by atoms with Gasteiger partial charge in [-0.3, -0.25) is 0 Å². The first kappa shape index (κ1) is 8.02. The van der Waals surface area contributed by atoms with Gasteiger partial charge in [0.1, 0.15) is 0 Å². The monoisotopic (exact) mass is 146 g/mol. The van der Waals surface area contributed by atoms with Crippen molar-refractivity contribution in [3.8, 4) is 0 Å². The van der Waals surface area contributed by atoms with Crippen LogP contribution in [0.5, 0.6) is 0 Å². The summed E-state index contributed by atoms with van der Waals surface area (Å²) >= 11 is 0. The molecule has 0 spiro atoms. The molecule has 0 aromatic heterocycles. The predicted octanol–water partition coefficient (Wildman–Crippen LogP) is 2.38. The van der Waals surface area contributed by atoms with Crippen molar-refractivity contribution >= 4 is 6.08 Å². The van der Waals surface area contributed by atoms with Gasteiger partial charge in [0.25, 0.3) is 0 Å². The molecule has 0 saturated carbocycles. The minimum Gasteiger partial charge on any atom is -0.367 e. The average molecular weight is 146 g/mol. The molecule has 1 aromatic rings. The van der Waals surface area contributed by atoms with E-state index in [9.17, 15) is 0 Å². The van der Waals surface area contributed by atoms with Crippen LogP contribution in [0.2, 0.25) is 0 Å². The molecule has 1 aromatic carbocycles. The van der Waals surface area contributed by atoms with E-state index >= 15 is 0 Å². The van der Waals surface area contributed by atoms with Crippen molar-refractivity contribution in [3.05, 3.63) is 48.6 Å². The normalized spacial score (nSPS) is 10.6. The van der Waals surface area contributed by atoms with Gasteiger partial charge in [0.2, 0.25) is 0 Å². The maximum Gasteiger partial charge on any atom is 0.158 e. The molecule has 1 rings (SSSR count). The Kier molecular flexibility index (Phi) is 3.42. The Morgan fingerprint density at radius 1 is 1.27 bits per heavy atom. The summed E-state index contributed by atoms with van der Waals surface area (Å²) in [5, 5.41) is 0. The first-order valence-corrected chi connectivity index (χ1v) is 3.43. The molecule has 0 fully saturated rings. The summed E-state index contributed by atoms with van der Waals surface area (Å²) in [4.78, 5) is 0. The second kappa shape index (κ2) is 4.69. The molecule has 0 atom stereocenters. The Bertz CT molecular complexity index is 214.